The van der Waals surface area contributed by atoms with Gasteiger partial charge in [0.2, 0.25) is 0 Å². The molecule has 2 rings (SSSR count). The van der Waals surface area contributed by atoms with Crippen molar-refractivity contribution in [3.63, 3.8) is 0 Å². The van der Waals surface area contributed by atoms with Gasteiger partial charge in [0.1, 0.15) is 0 Å². The van der Waals surface area contributed by atoms with Crippen molar-refractivity contribution in [3.8, 4) is 0 Å². The first-order chi connectivity index (χ1) is 8.20. The maximum absolute atomic E-state index is 5.48. The minimum absolute atomic E-state index is 0.327. The zero-order valence-electron chi connectivity index (χ0n) is 9.96. The Kier molecular flexibility index (Phi) is 4.20. The number of rotatable bonds is 5. The molecule has 0 radical (unpaired) electrons. The standard InChI is InChI=1S/C13H18BrN3/c1-9(16-6-2-5-15)13-8-10-7-11(14)3-4-12(10)17-13/h3-4,7-9,16-17H,2,5-6,15H2,1H3. The molecule has 4 heteroatoms. The van der Waals surface area contributed by atoms with Crippen LogP contribution in [-0.2, 0) is 0 Å². The van der Waals surface area contributed by atoms with Gasteiger partial charge in [0.15, 0.2) is 0 Å². The Balaban J connectivity index is 2.12. The molecular weight excluding hydrogens is 278 g/mol. The summed E-state index contributed by atoms with van der Waals surface area (Å²) in [5, 5.41) is 4.69. The summed E-state index contributed by atoms with van der Waals surface area (Å²) in [6.07, 6.45) is 1.01. The number of H-pyrrole nitrogens is 1. The van der Waals surface area contributed by atoms with E-state index in [0.717, 1.165) is 24.0 Å². The van der Waals surface area contributed by atoms with E-state index in [-0.39, 0.29) is 0 Å². The van der Waals surface area contributed by atoms with Crippen LogP contribution >= 0.6 is 15.9 Å². The summed E-state index contributed by atoms with van der Waals surface area (Å²) in [5.41, 5.74) is 7.87. The summed E-state index contributed by atoms with van der Waals surface area (Å²) in [4.78, 5) is 3.43. The molecule has 0 saturated heterocycles. The SMILES string of the molecule is CC(NCCCN)c1cc2cc(Br)ccc2[nH]1. The molecule has 2 aromatic rings. The van der Waals surface area contributed by atoms with Gasteiger partial charge < -0.3 is 16.0 Å². The second kappa shape index (κ2) is 5.67. The molecule has 3 nitrogen and oxygen atoms in total. The van der Waals surface area contributed by atoms with Gasteiger partial charge in [-0.1, -0.05) is 15.9 Å². The van der Waals surface area contributed by atoms with Crippen LogP contribution in [0.1, 0.15) is 25.1 Å². The fourth-order valence-corrected chi connectivity index (χ4v) is 2.27. The lowest BCUT2D eigenvalue weighted by molar-refractivity contribution is 0.553. The number of hydrogen-bond acceptors (Lipinski definition) is 2. The van der Waals surface area contributed by atoms with Crippen molar-refractivity contribution in [3.05, 3.63) is 34.4 Å². The average molecular weight is 296 g/mol. The third kappa shape index (κ3) is 3.09. The zero-order valence-corrected chi connectivity index (χ0v) is 11.5. The number of nitrogens with two attached hydrogens (primary N) is 1. The molecular formula is C13H18BrN3. The highest BCUT2D eigenvalue weighted by Crippen LogP contribution is 2.23. The summed E-state index contributed by atoms with van der Waals surface area (Å²) in [7, 11) is 0. The van der Waals surface area contributed by atoms with Crippen molar-refractivity contribution in [2.75, 3.05) is 13.1 Å². The Morgan fingerprint density at radius 1 is 1.41 bits per heavy atom. The van der Waals surface area contributed by atoms with E-state index < -0.39 is 0 Å². The molecule has 92 valence electrons. The molecule has 0 aliphatic carbocycles. The molecule has 4 N–H and O–H groups in total. The lowest BCUT2D eigenvalue weighted by atomic mass is 10.2. The normalized spacial score (nSPS) is 13.1. The topological polar surface area (TPSA) is 53.8 Å². The summed E-state index contributed by atoms with van der Waals surface area (Å²) in [6, 6.07) is 8.79. The maximum Gasteiger partial charge on any atom is 0.0457 e. The van der Waals surface area contributed by atoms with Crippen LogP contribution in [0, 0.1) is 0 Å². The van der Waals surface area contributed by atoms with E-state index in [0.29, 0.717) is 6.04 Å². The summed E-state index contributed by atoms with van der Waals surface area (Å²) in [5.74, 6) is 0. The molecule has 1 aromatic carbocycles. The first-order valence-electron chi connectivity index (χ1n) is 5.92. The van der Waals surface area contributed by atoms with E-state index in [1.807, 2.05) is 0 Å². The van der Waals surface area contributed by atoms with E-state index in [1.54, 1.807) is 0 Å². The molecule has 1 aromatic heterocycles. The van der Waals surface area contributed by atoms with Gasteiger partial charge in [0.25, 0.3) is 0 Å². The largest absolute Gasteiger partial charge is 0.357 e. The number of halogens is 1. The van der Waals surface area contributed by atoms with Crippen LogP contribution in [0.3, 0.4) is 0 Å². The molecule has 0 amide bonds. The molecule has 0 saturated carbocycles. The van der Waals surface area contributed by atoms with E-state index >= 15 is 0 Å². The summed E-state index contributed by atoms with van der Waals surface area (Å²) in [6.45, 7) is 3.85. The van der Waals surface area contributed by atoms with Crippen molar-refractivity contribution >= 4 is 26.8 Å². The zero-order chi connectivity index (χ0) is 12.3. The highest BCUT2D eigenvalue weighted by atomic mass is 79.9. The Hall–Kier alpha value is -0.840. The molecule has 0 bridgehead atoms. The Labute approximate surface area is 110 Å². The van der Waals surface area contributed by atoms with E-state index in [4.69, 9.17) is 5.73 Å². The first-order valence-corrected chi connectivity index (χ1v) is 6.71. The Morgan fingerprint density at radius 2 is 2.24 bits per heavy atom. The van der Waals surface area contributed by atoms with E-state index in [2.05, 4.69) is 57.4 Å². The third-order valence-electron chi connectivity index (χ3n) is 2.90. The van der Waals surface area contributed by atoms with Crippen LogP contribution in [0.25, 0.3) is 10.9 Å². The molecule has 1 heterocycles. The van der Waals surface area contributed by atoms with Crippen molar-refractivity contribution in [1.82, 2.24) is 10.3 Å². The molecule has 0 fully saturated rings. The Bertz CT molecular complexity index is 492. The average Bonchev–Trinajstić information content (AvgIpc) is 2.72. The number of fused-ring (bicyclic) bond motifs is 1. The predicted molar refractivity (Wildman–Crippen MR) is 76.1 cm³/mol. The number of hydrogen-bond donors (Lipinski definition) is 3. The van der Waals surface area contributed by atoms with Crippen molar-refractivity contribution in [2.24, 2.45) is 5.73 Å². The van der Waals surface area contributed by atoms with Gasteiger partial charge >= 0.3 is 0 Å². The monoisotopic (exact) mass is 295 g/mol. The molecule has 0 aliphatic rings. The summed E-state index contributed by atoms with van der Waals surface area (Å²) < 4.78 is 1.11. The highest BCUT2D eigenvalue weighted by molar-refractivity contribution is 9.10. The third-order valence-corrected chi connectivity index (χ3v) is 3.39. The smallest absolute Gasteiger partial charge is 0.0457 e. The molecule has 1 atom stereocenters. The summed E-state index contributed by atoms with van der Waals surface area (Å²) >= 11 is 3.49. The quantitative estimate of drug-likeness (QED) is 0.743. The molecule has 0 spiro atoms. The highest BCUT2D eigenvalue weighted by Gasteiger charge is 2.08. The second-order valence-corrected chi connectivity index (χ2v) is 5.19. The van der Waals surface area contributed by atoms with Crippen LogP contribution in [0.15, 0.2) is 28.7 Å². The lowest BCUT2D eigenvalue weighted by Gasteiger charge is -2.11. The minimum atomic E-state index is 0.327. The van der Waals surface area contributed by atoms with Gasteiger partial charge in [-0.3, -0.25) is 0 Å². The Morgan fingerprint density at radius 3 is 3.00 bits per heavy atom. The van der Waals surface area contributed by atoms with Crippen LogP contribution < -0.4 is 11.1 Å². The number of aromatic amines is 1. The molecule has 1 unspecified atom stereocenters. The molecule has 0 aliphatic heterocycles. The predicted octanol–water partition coefficient (Wildman–Crippen LogP) is 2.93. The van der Waals surface area contributed by atoms with E-state index in [9.17, 15) is 0 Å². The van der Waals surface area contributed by atoms with Gasteiger partial charge in [0.05, 0.1) is 0 Å². The van der Waals surface area contributed by atoms with Gasteiger partial charge in [-0.05, 0) is 50.7 Å². The lowest BCUT2D eigenvalue weighted by Crippen LogP contribution is -2.22. The maximum atomic E-state index is 5.48. The van der Waals surface area contributed by atoms with Crippen molar-refractivity contribution in [1.29, 1.82) is 0 Å². The number of nitrogens with one attached hydrogen (secondary N) is 2. The number of benzene rings is 1. The van der Waals surface area contributed by atoms with E-state index in [1.165, 1.54) is 16.6 Å². The van der Waals surface area contributed by atoms with Gasteiger partial charge in [-0.15, -0.1) is 0 Å². The van der Waals surface area contributed by atoms with Crippen LogP contribution in [0.2, 0.25) is 0 Å². The fraction of sp³-hybridized carbons (Fsp3) is 0.385. The van der Waals surface area contributed by atoms with Crippen LogP contribution in [0.5, 0.6) is 0 Å². The second-order valence-electron chi connectivity index (χ2n) is 4.27. The van der Waals surface area contributed by atoms with Crippen LogP contribution in [0.4, 0.5) is 0 Å². The van der Waals surface area contributed by atoms with Gasteiger partial charge in [0, 0.05) is 27.1 Å². The first kappa shape index (κ1) is 12.6. The van der Waals surface area contributed by atoms with Crippen LogP contribution in [-0.4, -0.2) is 18.1 Å². The van der Waals surface area contributed by atoms with Crippen molar-refractivity contribution in [2.45, 2.75) is 19.4 Å². The molecule has 17 heavy (non-hydrogen) atoms. The van der Waals surface area contributed by atoms with Gasteiger partial charge in [-0.2, -0.15) is 0 Å². The number of aromatic nitrogens is 1. The van der Waals surface area contributed by atoms with Crippen molar-refractivity contribution < 1.29 is 0 Å². The van der Waals surface area contributed by atoms with Gasteiger partial charge in [-0.25, -0.2) is 0 Å². The fourth-order valence-electron chi connectivity index (χ4n) is 1.89. The minimum Gasteiger partial charge on any atom is -0.357 e.